The molecule has 0 aromatic heterocycles. The van der Waals surface area contributed by atoms with Crippen LogP contribution in [0.15, 0.2) is 24.3 Å². The lowest BCUT2D eigenvalue weighted by Gasteiger charge is -2.23. The number of para-hydroxylation sites is 2. The third kappa shape index (κ3) is 2.60. The number of hydrogen-bond acceptors (Lipinski definition) is 4. The summed E-state index contributed by atoms with van der Waals surface area (Å²) in [5.41, 5.74) is -0.329. The van der Waals surface area contributed by atoms with Crippen LogP contribution in [0.2, 0.25) is 0 Å². The number of nitro benzene ring substituents is 1. The zero-order valence-electron chi connectivity index (χ0n) is 8.13. The number of halogens is 1. The van der Waals surface area contributed by atoms with Crippen LogP contribution in [0.4, 0.5) is 16.2 Å². The number of anilines is 1. The molecule has 0 aliphatic rings. The Kier molecular flexibility index (Phi) is 4.07. The first kappa shape index (κ1) is 12.3. The topological polar surface area (TPSA) is 86.5 Å². The maximum atomic E-state index is 10.8. The Morgan fingerprint density at radius 3 is 2.56 bits per heavy atom. The van der Waals surface area contributed by atoms with Gasteiger partial charge in [-0.1, -0.05) is 12.1 Å². The van der Waals surface area contributed by atoms with E-state index in [9.17, 15) is 20.0 Å². The molecule has 0 atom stereocenters. The smallest absolute Gasteiger partial charge is 0.292 e. The number of amides is 1. The maximum absolute atomic E-state index is 10.8. The average Bonchev–Trinajstić information content (AvgIpc) is 2.25. The first-order chi connectivity index (χ1) is 7.57. The minimum atomic E-state index is -1.52. The van der Waals surface area contributed by atoms with Crippen LogP contribution in [-0.4, -0.2) is 23.4 Å². The molecule has 0 spiro atoms. The van der Waals surface area contributed by atoms with Crippen LogP contribution in [0.3, 0.4) is 0 Å². The van der Waals surface area contributed by atoms with Gasteiger partial charge in [0.25, 0.3) is 5.69 Å². The monoisotopic (exact) mass is 243 g/mol. The fraction of sp³-hybridized carbons (Fsp3) is 0.222. The van der Waals surface area contributed by atoms with Gasteiger partial charge in [-0.3, -0.25) is 10.1 Å². The van der Waals surface area contributed by atoms with Crippen LogP contribution in [0.25, 0.3) is 0 Å². The van der Waals surface area contributed by atoms with Crippen molar-refractivity contribution >= 4 is 29.1 Å². The number of carboxylic acid groups (broad SMARTS) is 1. The van der Waals surface area contributed by atoms with Gasteiger partial charge in [-0.15, -0.1) is 11.6 Å². The summed E-state index contributed by atoms with van der Waals surface area (Å²) in [6, 6.07) is 5.52. The summed E-state index contributed by atoms with van der Waals surface area (Å²) < 4.78 is 0. The van der Waals surface area contributed by atoms with Gasteiger partial charge < -0.3 is 14.8 Å². The molecule has 0 aliphatic heterocycles. The second kappa shape index (κ2) is 5.32. The van der Waals surface area contributed by atoms with Crippen LogP contribution < -0.4 is 10.0 Å². The van der Waals surface area contributed by atoms with Gasteiger partial charge in [0.05, 0.1) is 4.92 Å². The molecule has 0 heterocycles. The zero-order chi connectivity index (χ0) is 12.1. The lowest BCUT2D eigenvalue weighted by Crippen LogP contribution is -2.42. The normalized spacial score (nSPS) is 9.81. The van der Waals surface area contributed by atoms with E-state index in [0.29, 0.717) is 0 Å². The van der Waals surface area contributed by atoms with Crippen LogP contribution >= 0.6 is 11.6 Å². The van der Waals surface area contributed by atoms with E-state index in [1.165, 1.54) is 24.3 Å². The predicted octanol–water partition coefficient (Wildman–Crippen LogP) is 0.983. The highest BCUT2D eigenvalue weighted by molar-refractivity contribution is 6.18. The second-order valence-electron chi connectivity index (χ2n) is 2.85. The Morgan fingerprint density at radius 1 is 1.44 bits per heavy atom. The number of benzene rings is 1. The first-order valence-electron chi connectivity index (χ1n) is 4.36. The highest BCUT2D eigenvalue weighted by Gasteiger charge is 2.18. The molecule has 1 aromatic carbocycles. The molecule has 0 radical (unpaired) electrons. The zero-order valence-corrected chi connectivity index (χ0v) is 8.88. The fourth-order valence-corrected chi connectivity index (χ4v) is 1.41. The van der Waals surface area contributed by atoms with Gasteiger partial charge in [-0.05, 0) is 6.07 Å². The number of nitrogens with zero attached hydrogens (tertiary/aromatic N) is 2. The summed E-state index contributed by atoms with van der Waals surface area (Å²) >= 11 is 5.42. The first-order valence-corrected chi connectivity index (χ1v) is 4.89. The van der Waals surface area contributed by atoms with E-state index in [0.717, 1.165) is 4.90 Å². The summed E-state index contributed by atoms with van der Waals surface area (Å²) in [6.45, 7) is -0.0608. The van der Waals surface area contributed by atoms with Gasteiger partial charge in [0.15, 0.2) is 0 Å². The van der Waals surface area contributed by atoms with E-state index in [1.807, 2.05) is 0 Å². The standard InChI is InChI=1S/C9H9ClN2O4/c10-5-6-11(9(13)14)7-3-1-2-4-8(7)12(15)16/h1-4H,5-6H2,(H,13,14)/p-1. The summed E-state index contributed by atoms with van der Waals surface area (Å²) in [7, 11) is 0. The molecule has 0 saturated heterocycles. The van der Waals surface area contributed by atoms with Crippen molar-refractivity contribution in [3.8, 4) is 0 Å². The van der Waals surface area contributed by atoms with Gasteiger partial charge in [0, 0.05) is 18.5 Å². The molecule has 6 nitrogen and oxygen atoms in total. The lowest BCUT2D eigenvalue weighted by molar-refractivity contribution is -0.384. The molecule has 1 amide bonds. The van der Waals surface area contributed by atoms with Crippen LogP contribution in [-0.2, 0) is 0 Å². The molecule has 0 saturated carbocycles. The van der Waals surface area contributed by atoms with Crippen molar-refractivity contribution in [1.82, 2.24) is 0 Å². The fourth-order valence-electron chi connectivity index (χ4n) is 1.24. The quantitative estimate of drug-likeness (QED) is 0.448. The molecular formula is C9H8ClN2O4-. The van der Waals surface area contributed by atoms with Crippen molar-refractivity contribution in [3.63, 3.8) is 0 Å². The van der Waals surface area contributed by atoms with Gasteiger partial charge in [0.1, 0.15) is 11.8 Å². The Labute approximate surface area is 96.2 Å². The molecule has 16 heavy (non-hydrogen) atoms. The molecule has 1 aromatic rings. The molecule has 1 rings (SSSR count). The van der Waals surface area contributed by atoms with Gasteiger partial charge in [-0.25, -0.2) is 0 Å². The van der Waals surface area contributed by atoms with E-state index in [1.54, 1.807) is 0 Å². The van der Waals surface area contributed by atoms with Gasteiger partial charge >= 0.3 is 0 Å². The SMILES string of the molecule is O=C([O-])N(CCCl)c1ccccc1[N+](=O)[O-]. The van der Waals surface area contributed by atoms with Crippen LogP contribution in [0.5, 0.6) is 0 Å². The number of carbonyl (C=O) groups is 1. The highest BCUT2D eigenvalue weighted by Crippen LogP contribution is 2.27. The van der Waals surface area contributed by atoms with Crippen molar-refractivity contribution < 1.29 is 14.8 Å². The summed E-state index contributed by atoms with van der Waals surface area (Å²) in [6.07, 6.45) is -1.52. The van der Waals surface area contributed by atoms with Crippen LogP contribution in [0.1, 0.15) is 0 Å². The minimum absolute atomic E-state index is 0.0278. The van der Waals surface area contributed by atoms with Gasteiger partial charge in [0.2, 0.25) is 0 Å². The molecule has 0 N–H and O–H groups in total. The molecule has 0 bridgehead atoms. The average molecular weight is 244 g/mol. The Hall–Kier alpha value is -1.82. The minimum Gasteiger partial charge on any atom is -0.530 e. The van der Waals surface area contributed by atoms with E-state index < -0.39 is 11.0 Å². The molecular weight excluding hydrogens is 236 g/mol. The molecule has 7 heteroatoms. The van der Waals surface area contributed by atoms with Crippen molar-refractivity contribution in [2.75, 3.05) is 17.3 Å². The van der Waals surface area contributed by atoms with E-state index in [4.69, 9.17) is 11.6 Å². The van der Waals surface area contributed by atoms with Crippen molar-refractivity contribution in [2.24, 2.45) is 0 Å². The molecule has 0 aliphatic carbocycles. The van der Waals surface area contributed by atoms with Crippen molar-refractivity contribution in [1.29, 1.82) is 0 Å². The number of rotatable bonds is 4. The predicted molar refractivity (Wildman–Crippen MR) is 56.6 cm³/mol. The highest BCUT2D eigenvalue weighted by atomic mass is 35.5. The van der Waals surface area contributed by atoms with E-state index in [-0.39, 0.29) is 23.8 Å². The second-order valence-corrected chi connectivity index (χ2v) is 3.23. The number of hydrogen-bond donors (Lipinski definition) is 0. The Morgan fingerprint density at radius 2 is 2.06 bits per heavy atom. The number of alkyl halides is 1. The third-order valence-electron chi connectivity index (χ3n) is 1.90. The largest absolute Gasteiger partial charge is 0.530 e. The van der Waals surface area contributed by atoms with E-state index in [2.05, 4.69) is 0 Å². The lowest BCUT2D eigenvalue weighted by atomic mass is 10.2. The Bertz CT molecular complexity index is 410. The van der Waals surface area contributed by atoms with Gasteiger partial charge in [-0.2, -0.15) is 0 Å². The van der Waals surface area contributed by atoms with Crippen LogP contribution in [0, 0.1) is 10.1 Å². The van der Waals surface area contributed by atoms with Crippen molar-refractivity contribution in [2.45, 2.75) is 0 Å². The third-order valence-corrected chi connectivity index (χ3v) is 2.07. The van der Waals surface area contributed by atoms with E-state index >= 15 is 0 Å². The Balaban J connectivity index is 3.17. The summed E-state index contributed by atoms with van der Waals surface area (Å²) in [5, 5.41) is 21.5. The summed E-state index contributed by atoms with van der Waals surface area (Å²) in [4.78, 5) is 21.6. The number of nitro groups is 1. The summed E-state index contributed by atoms with van der Waals surface area (Å²) in [5.74, 6) is 0.0278. The van der Waals surface area contributed by atoms with Crippen molar-refractivity contribution in [3.05, 3.63) is 34.4 Å². The molecule has 0 unspecified atom stereocenters. The maximum Gasteiger partial charge on any atom is 0.292 e. The molecule has 0 fully saturated rings. The molecule has 86 valence electrons. The number of carbonyl (C=O) groups excluding carboxylic acids is 1.